The maximum absolute atomic E-state index is 12.6. The first-order valence-electron chi connectivity index (χ1n) is 9.75. The van der Waals surface area contributed by atoms with E-state index in [-0.39, 0.29) is 11.5 Å². The number of ether oxygens (including phenoxy) is 2. The minimum atomic E-state index is -0.292. The second-order valence-corrected chi connectivity index (χ2v) is 7.90. The van der Waals surface area contributed by atoms with E-state index in [0.29, 0.717) is 29.6 Å². The lowest BCUT2D eigenvalue weighted by Crippen LogP contribution is -2.44. The first kappa shape index (κ1) is 19.6. The second-order valence-electron chi connectivity index (χ2n) is 6.99. The van der Waals surface area contributed by atoms with E-state index >= 15 is 0 Å². The third-order valence-electron chi connectivity index (χ3n) is 5.06. The fourth-order valence-corrected chi connectivity index (χ4v) is 4.57. The van der Waals surface area contributed by atoms with Crippen LogP contribution in [0.1, 0.15) is 22.8 Å². The van der Waals surface area contributed by atoms with Crippen molar-refractivity contribution < 1.29 is 14.3 Å². The Labute approximate surface area is 183 Å². The van der Waals surface area contributed by atoms with Crippen LogP contribution in [-0.2, 0) is 4.74 Å². The van der Waals surface area contributed by atoms with Crippen LogP contribution in [0.5, 0.6) is 5.75 Å². The molecule has 1 unspecified atom stereocenters. The number of fused-ring (bicyclic) bond motifs is 3. The molecule has 158 valence electrons. The number of anilines is 1. The summed E-state index contributed by atoms with van der Waals surface area (Å²) in [5, 5.41) is 18.1. The zero-order chi connectivity index (χ0) is 21.5. The van der Waals surface area contributed by atoms with Crippen molar-refractivity contribution in [1.29, 1.82) is 0 Å². The smallest absolute Gasteiger partial charge is 0.262 e. The van der Waals surface area contributed by atoms with Gasteiger partial charge in [-0.15, -0.1) is 10.2 Å². The summed E-state index contributed by atoms with van der Waals surface area (Å²) in [4.78, 5) is 14.5. The number of hydrogen-bond donors (Lipinski definition) is 1. The number of amides is 1. The van der Waals surface area contributed by atoms with Gasteiger partial charge in [0.1, 0.15) is 17.1 Å². The van der Waals surface area contributed by atoms with Gasteiger partial charge in [0.15, 0.2) is 17.2 Å². The molecule has 0 fully saturated rings. The van der Waals surface area contributed by atoms with Crippen LogP contribution in [0.2, 0.25) is 0 Å². The molecule has 1 aromatic carbocycles. The largest absolute Gasteiger partial charge is 0.497 e. The Balaban J connectivity index is 1.58. The number of nitrogens with one attached hydrogen (secondary N) is 1. The molecule has 0 aliphatic carbocycles. The van der Waals surface area contributed by atoms with Crippen LogP contribution >= 0.6 is 11.8 Å². The highest BCUT2D eigenvalue weighted by molar-refractivity contribution is 8.03. The van der Waals surface area contributed by atoms with Crippen molar-refractivity contribution in [1.82, 2.24) is 25.3 Å². The molecular weight excluding hydrogens is 416 g/mol. The van der Waals surface area contributed by atoms with Crippen LogP contribution in [0.25, 0.3) is 17.1 Å². The number of rotatable bonds is 5. The molecule has 9 nitrogen and oxygen atoms in total. The Morgan fingerprint density at radius 2 is 2.13 bits per heavy atom. The molecule has 0 spiro atoms. The Kier molecular flexibility index (Phi) is 4.87. The molecule has 0 saturated carbocycles. The molecule has 31 heavy (non-hydrogen) atoms. The number of aromatic nitrogens is 4. The van der Waals surface area contributed by atoms with Crippen molar-refractivity contribution in [3.05, 3.63) is 58.9 Å². The van der Waals surface area contributed by atoms with Crippen molar-refractivity contribution in [2.75, 3.05) is 18.6 Å². The van der Waals surface area contributed by atoms with Gasteiger partial charge in [-0.1, -0.05) is 23.9 Å². The van der Waals surface area contributed by atoms with Gasteiger partial charge in [-0.25, -0.2) is 0 Å². The monoisotopic (exact) mass is 436 g/mol. The van der Waals surface area contributed by atoms with Crippen LogP contribution in [0, 0.1) is 6.92 Å². The van der Waals surface area contributed by atoms with Crippen molar-refractivity contribution in [3.8, 4) is 22.8 Å². The van der Waals surface area contributed by atoms with E-state index in [1.54, 1.807) is 18.0 Å². The minimum absolute atomic E-state index is 0.208. The molecule has 2 aliphatic rings. The lowest BCUT2D eigenvalue weighted by molar-refractivity contribution is 0.0944. The fraction of sp³-hybridized carbons (Fsp3) is 0.238. The summed E-state index contributed by atoms with van der Waals surface area (Å²) in [6.07, 6.45) is 1.55. The predicted octanol–water partition coefficient (Wildman–Crippen LogP) is 3.06. The number of nitrogens with zero attached hydrogens (tertiary/aromatic N) is 5. The molecule has 10 heteroatoms. The average molecular weight is 436 g/mol. The van der Waals surface area contributed by atoms with Crippen LogP contribution in [-0.4, -0.2) is 45.2 Å². The molecule has 0 radical (unpaired) electrons. The second kappa shape index (κ2) is 7.71. The highest BCUT2D eigenvalue weighted by atomic mass is 32.2. The van der Waals surface area contributed by atoms with E-state index in [1.165, 1.54) is 11.8 Å². The summed E-state index contributed by atoms with van der Waals surface area (Å²) in [6.45, 7) is 4.42. The molecule has 2 aliphatic heterocycles. The zero-order valence-electron chi connectivity index (χ0n) is 17.2. The standard InChI is InChI=1S/C21H20N6O3S/c1-4-30-21-26-17(11-31-21)23-19(28)15-10-22-27(20(15)26)18-12(2)8-16(24-25-18)13-6-5-7-14(9-13)29-3/h5-11,21H,4H2,1-3H3,(H,23,28). The first-order valence-corrected chi connectivity index (χ1v) is 10.7. The summed E-state index contributed by atoms with van der Waals surface area (Å²) in [5.74, 6) is 2.38. The highest BCUT2D eigenvalue weighted by Gasteiger charge is 2.40. The molecular formula is C21H20N6O3S. The Hall–Kier alpha value is -3.37. The zero-order valence-corrected chi connectivity index (χ0v) is 18.0. The van der Waals surface area contributed by atoms with Gasteiger partial charge in [0.25, 0.3) is 5.91 Å². The maximum atomic E-state index is 12.6. The number of aryl methyl sites for hydroxylation is 1. The van der Waals surface area contributed by atoms with Crippen molar-refractivity contribution in [2.45, 2.75) is 19.4 Å². The van der Waals surface area contributed by atoms with Crippen LogP contribution in [0.15, 0.2) is 47.8 Å². The van der Waals surface area contributed by atoms with E-state index in [1.807, 2.05) is 54.5 Å². The van der Waals surface area contributed by atoms with Gasteiger partial charge in [-0.3, -0.25) is 9.69 Å². The van der Waals surface area contributed by atoms with Gasteiger partial charge in [-0.2, -0.15) is 9.78 Å². The average Bonchev–Trinajstić information content (AvgIpc) is 3.38. The third kappa shape index (κ3) is 3.24. The molecule has 4 heterocycles. The summed E-state index contributed by atoms with van der Waals surface area (Å²) >= 11 is 1.49. The van der Waals surface area contributed by atoms with Gasteiger partial charge in [0.05, 0.1) is 19.0 Å². The molecule has 1 N–H and O–H groups in total. The first-order chi connectivity index (χ1) is 15.1. The summed E-state index contributed by atoms with van der Waals surface area (Å²) in [6, 6.07) is 9.61. The van der Waals surface area contributed by atoms with Gasteiger partial charge in [0, 0.05) is 17.6 Å². The topological polar surface area (TPSA) is 94.4 Å². The van der Waals surface area contributed by atoms with Gasteiger partial charge < -0.3 is 14.8 Å². The van der Waals surface area contributed by atoms with Gasteiger partial charge in [0.2, 0.25) is 0 Å². The number of carbonyl (C=O) groups excluding carboxylic acids is 1. The van der Waals surface area contributed by atoms with Gasteiger partial charge >= 0.3 is 0 Å². The molecule has 1 amide bonds. The van der Waals surface area contributed by atoms with E-state index in [2.05, 4.69) is 20.6 Å². The normalized spacial score (nSPS) is 17.1. The highest BCUT2D eigenvalue weighted by Crippen LogP contribution is 2.40. The summed E-state index contributed by atoms with van der Waals surface area (Å²) in [7, 11) is 1.63. The number of benzene rings is 1. The molecule has 1 atom stereocenters. The number of methoxy groups -OCH3 is 1. The quantitative estimate of drug-likeness (QED) is 0.652. The molecule has 0 saturated heterocycles. The fourth-order valence-electron chi connectivity index (χ4n) is 3.60. The molecule has 5 rings (SSSR count). The van der Waals surface area contributed by atoms with Crippen LogP contribution in [0.4, 0.5) is 5.82 Å². The Morgan fingerprint density at radius 3 is 2.90 bits per heavy atom. The van der Waals surface area contributed by atoms with Crippen LogP contribution < -0.4 is 15.0 Å². The number of hydrogen-bond acceptors (Lipinski definition) is 8. The van der Waals surface area contributed by atoms with Crippen molar-refractivity contribution >= 4 is 23.5 Å². The molecule has 0 bridgehead atoms. The molecule has 2 aromatic heterocycles. The lowest BCUT2D eigenvalue weighted by Gasteiger charge is -2.32. The lowest BCUT2D eigenvalue weighted by atomic mass is 10.1. The van der Waals surface area contributed by atoms with Gasteiger partial charge in [-0.05, 0) is 37.6 Å². The Bertz CT molecular complexity index is 1210. The number of carbonyl (C=O) groups is 1. The van der Waals surface area contributed by atoms with E-state index in [0.717, 1.165) is 22.6 Å². The summed E-state index contributed by atoms with van der Waals surface area (Å²) < 4.78 is 12.8. The number of thioether (sulfide) groups is 1. The molecule has 3 aromatic rings. The third-order valence-corrected chi connectivity index (χ3v) is 6.00. The van der Waals surface area contributed by atoms with Crippen molar-refractivity contribution in [3.63, 3.8) is 0 Å². The van der Waals surface area contributed by atoms with E-state index < -0.39 is 0 Å². The van der Waals surface area contributed by atoms with E-state index in [9.17, 15) is 4.79 Å². The minimum Gasteiger partial charge on any atom is -0.497 e. The predicted molar refractivity (Wildman–Crippen MR) is 117 cm³/mol. The van der Waals surface area contributed by atoms with Crippen molar-refractivity contribution in [2.24, 2.45) is 0 Å². The SMILES string of the molecule is CCOC1SC=C2NC(=O)c3cnn(-c4nnc(-c5cccc(OC)c5)cc4C)c3N21. The van der Waals surface area contributed by atoms with Crippen LogP contribution in [0.3, 0.4) is 0 Å². The maximum Gasteiger partial charge on any atom is 0.262 e. The van der Waals surface area contributed by atoms with E-state index in [4.69, 9.17) is 9.47 Å². The summed E-state index contributed by atoms with van der Waals surface area (Å²) in [5.41, 5.74) is 2.67. The Morgan fingerprint density at radius 1 is 1.26 bits per heavy atom.